The van der Waals surface area contributed by atoms with Crippen molar-refractivity contribution in [2.75, 3.05) is 0 Å². The number of aryl methyl sites for hydroxylation is 1. The molecule has 0 aromatic heterocycles. The van der Waals surface area contributed by atoms with Crippen LogP contribution in [0.25, 0.3) is 0 Å². The topological polar surface area (TPSA) is 9.23 Å². The fourth-order valence-corrected chi connectivity index (χ4v) is 4.07. The zero-order valence-corrected chi connectivity index (χ0v) is 12.2. The highest BCUT2D eigenvalue weighted by Gasteiger charge is 2.30. The van der Waals surface area contributed by atoms with Gasteiger partial charge in [0.05, 0.1) is 12.2 Å². The zero-order valence-electron chi connectivity index (χ0n) is 10.1. The molecular formula is C15H19IO. The van der Waals surface area contributed by atoms with Crippen LogP contribution in [-0.2, 0) is 11.2 Å². The maximum absolute atomic E-state index is 6.38. The Morgan fingerprint density at radius 3 is 2.76 bits per heavy atom. The smallest absolute Gasteiger partial charge is 0.0832 e. The molecule has 1 saturated carbocycles. The van der Waals surface area contributed by atoms with Crippen molar-refractivity contribution in [2.45, 2.75) is 54.7 Å². The van der Waals surface area contributed by atoms with E-state index in [2.05, 4.69) is 46.9 Å². The summed E-state index contributed by atoms with van der Waals surface area (Å²) in [5.74, 6) is 0. The summed E-state index contributed by atoms with van der Waals surface area (Å²) in [4.78, 5) is 0. The van der Waals surface area contributed by atoms with E-state index in [1.54, 1.807) is 0 Å². The lowest BCUT2D eigenvalue weighted by Gasteiger charge is -2.29. The number of fused-ring (bicyclic) bond motifs is 1. The lowest BCUT2D eigenvalue weighted by molar-refractivity contribution is -0.0137. The van der Waals surface area contributed by atoms with Gasteiger partial charge in [-0.2, -0.15) is 0 Å². The molecule has 0 radical (unpaired) electrons. The molecule has 0 aliphatic heterocycles. The molecule has 1 aromatic carbocycles. The maximum Gasteiger partial charge on any atom is 0.0832 e. The Hall–Kier alpha value is -0.0900. The lowest BCUT2D eigenvalue weighted by Crippen LogP contribution is -2.23. The lowest BCUT2D eigenvalue weighted by atomic mass is 9.89. The van der Waals surface area contributed by atoms with Crippen LogP contribution in [0.15, 0.2) is 24.3 Å². The third-order valence-electron chi connectivity index (χ3n) is 4.03. The molecule has 17 heavy (non-hydrogen) atoms. The first kappa shape index (κ1) is 12.0. The quantitative estimate of drug-likeness (QED) is 0.570. The van der Waals surface area contributed by atoms with Crippen LogP contribution in [0.5, 0.6) is 0 Å². The minimum absolute atomic E-state index is 0.361. The summed E-state index contributed by atoms with van der Waals surface area (Å²) in [7, 11) is 0. The van der Waals surface area contributed by atoms with E-state index in [4.69, 9.17) is 4.74 Å². The van der Waals surface area contributed by atoms with E-state index >= 15 is 0 Å². The molecule has 1 fully saturated rings. The van der Waals surface area contributed by atoms with Gasteiger partial charge in [0.15, 0.2) is 0 Å². The largest absolute Gasteiger partial charge is 0.369 e. The van der Waals surface area contributed by atoms with Gasteiger partial charge in [-0.1, -0.05) is 46.9 Å². The van der Waals surface area contributed by atoms with Crippen LogP contribution in [0, 0.1) is 0 Å². The van der Waals surface area contributed by atoms with Crippen molar-refractivity contribution in [3.63, 3.8) is 0 Å². The van der Waals surface area contributed by atoms with Crippen LogP contribution in [0.1, 0.15) is 49.3 Å². The molecule has 2 heteroatoms. The molecule has 3 atom stereocenters. The monoisotopic (exact) mass is 342 g/mol. The van der Waals surface area contributed by atoms with Crippen molar-refractivity contribution < 1.29 is 4.74 Å². The van der Waals surface area contributed by atoms with Crippen molar-refractivity contribution in [1.29, 1.82) is 0 Å². The van der Waals surface area contributed by atoms with E-state index in [9.17, 15) is 0 Å². The molecule has 3 unspecified atom stereocenters. The number of alkyl halides is 1. The normalized spacial score (nSPS) is 32.4. The molecule has 2 aliphatic rings. The Kier molecular flexibility index (Phi) is 3.71. The van der Waals surface area contributed by atoms with Crippen LogP contribution in [-0.4, -0.2) is 10.0 Å². The Balaban J connectivity index is 1.76. The second kappa shape index (κ2) is 5.27. The minimum Gasteiger partial charge on any atom is -0.369 e. The summed E-state index contributed by atoms with van der Waals surface area (Å²) in [5.41, 5.74) is 2.96. The van der Waals surface area contributed by atoms with E-state index in [0.29, 0.717) is 12.2 Å². The molecule has 0 amide bonds. The molecule has 0 saturated heterocycles. The van der Waals surface area contributed by atoms with Crippen LogP contribution in [0.4, 0.5) is 0 Å². The third kappa shape index (κ3) is 2.53. The average Bonchev–Trinajstić information content (AvgIpc) is 2.76. The molecule has 0 spiro atoms. The van der Waals surface area contributed by atoms with E-state index in [1.165, 1.54) is 49.7 Å². The fourth-order valence-electron chi connectivity index (χ4n) is 3.10. The standard InChI is InChI=1S/C15H19IO/c16-13-8-4-10-15(13)17-14-9-3-6-11-5-1-2-7-12(11)14/h1-2,5,7,13-15H,3-4,6,8-10H2. The number of hydrogen-bond donors (Lipinski definition) is 0. The van der Waals surface area contributed by atoms with Crippen LogP contribution in [0.2, 0.25) is 0 Å². The summed E-state index contributed by atoms with van der Waals surface area (Å²) in [6.07, 6.45) is 8.50. The van der Waals surface area contributed by atoms with Crippen LogP contribution < -0.4 is 0 Å². The molecule has 0 N–H and O–H groups in total. The highest BCUT2D eigenvalue weighted by atomic mass is 127. The first-order chi connectivity index (χ1) is 8.34. The molecule has 0 bridgehead atoms. The highest BCUT2D eigenvalue weighted by Crippen LogP contribution is 2.37. The van der Waals surface area contributed by atoms with Crippen molar-refractivity contribution in [3.8, 4) is 0 Å². The van der Waals surface area contributed by atoms with Crippen molar-refractivity contribution in [3.05, 3.63) is 35.4 Å². The number of rotatable bonds is 2. The Labute approximate surface area is 117 Å². The maximum atomic E-state index is 6.38. The summed E-state index contributed by atoms with van der Waals surface area (Å²) in [6, 6.07) is 8.83. The Morgan fingerprint density at radius 1 is 1.06 bits per heavy atom. The number of hydrogen-bond acceptors (Lipinski definition) is 1. The molecule has 2 aliphatic carbocycles. The summed E-state index contributed by atoms with van der Waals surface area (Å²) in [6.45, 7) is 0. The zero-order chi connectivity index (χ0) is 11.7. The van der Waals surface area contributed by atoms with Gasteiger partial charge in [-0.05, 0) is 49.7 Å². The van der Waals surface area contributed by atoms with Gasteiger partial charge in [0.25, 0.3) is 0 Å². The van der Waals surface area contributed by atoms with Gasteiger partial charge in [0.2, 0.25) is 0 Å². The third-order valence-corrected chi connectivity index (χ3v) is 5.45. The predicted molar refractivity (Wildman–Crippen MR) is 78.7 cm³/mol. The summed E-state index contributed by atoms with van der Waals surface area (Å²) in [5, 5.41) is 0. The van der Waals surface area contributed by atoms with Gasteiger partial charge >= 0.3 is 0 Å². The number of halogens is 1. The minimum atomic E-state index is 0.361. The van der Waals surface area contributed by atoms with Gasteiger partial charge in [-0.3, -0.25) is 0 Å². The molecular weight excluding hydrogens is 323 g/mol. The van der Waals surface area contributed by atoms with Gasteiger partial charge < -0.3 is 4.74 Å². The molecule has 1 nitrogen and oxygen atoms in total. The van der Waals surface area contributed by atoms with E-state index in [-0.39, 0.29) is 0 Å². The van der Waals surface area contributed by atoms with E-state index in [1.807, 2.05) is 0 Å². The van der Waals surface area contributed by atoms with E-state index in [0.717, 1.165) is 3.92 Å². The molecule has 1 aromatic rings. The molecule has 0 heterocycles. The Morgan fingerprint density at radius 2 is 1.94 bits per heavy atom. The average molecular weight is 342 g/mol. The van der Waals surface area contributed by atoms with E-state index < -0.39 is 0 Å². The SMILES string of the molecule is IC1CCCC1OC1CCCc2ccccc21. The van der Waals surface area contributed by atoms with Crippen LogP contribution in [0.3, 0.4) is 0 Å². The van der Waals surface area contributed by atoms with Crippen molar-refractivity contribution >= 4 is 22.6 Å². The summed E-state index contributed by atoms with van der Waals surface area (Å²) < 4.78 is 7.11. The van der Waals surface area contributed by atoms with Gasteiger partial charge in [-0.25, -0.2) is 0 Å². The first-order valence-electron chi connectivity index (χ1n) is 6.72. The highest BCUT2D eigenvalue weighted by molar-refractivity contribution is 14.1. The van der Waals surface area contributed by atoms with Gasteiger partial charge in [-0.15, -0.1) is 0 Å². The molecule has 92 valence electrons. The van der Waals surface area contributed by atoms with Crippen molar-refractivity contribution in [2.24, 2.45) is 0 Å². The second-order valence-corrected chi connectivity index (χ2v) is 6.80. The Bertz CT molecular complexity index is 390. The number of ether oxygens (including phenoxy) is 1. The van der Waals surface area contributed by atoms with Crippen molar-refractivity contribution in [1.82, 2.24) is 0 Å². The number of benzene rings is 1. The fraction of sp³-hybridized carbons (Fsp3) is 0.600. The molecule has 3 rings (SSSR count). The second-order valence-electron chi connectivity index (χ2n) is 5.20. The predicted octanol–water partition coefficient (Wildman–Crippen LogP) is 4.44. The van der Waals surface area contributed by atoms with Crippen LogP contribution >= 0.6 is 22.6 Å². The summed E-state index contributed by atoms with van der Waals surface area (Å²) >= 11 is 2.56. The van der Waals surface area contributed by atoms with Gasteiger partial charge in [0, 0.05) is 3.92 Å². The van der Waals surface area contributed by atoms with Gasteiger partial charge in [0.1, 0.15) is 0 Å². The first-order valence-corrected chi connectivity index (χ1v) is 7.96.